The molecule has 1 atom stereocenters. The van der Waals surface area contributed by atoms with Crippen LogP contribution in [0, 0.1) is 0 Å². The Morgan fingerprint density at radius 3 is 2.20 bits per heavy atom. The Bertz CT molecular complexity index is 377. The fourth-order valence-corrected chi connectivity index (χ4v) is 2.70. The fourth-order valence-electron chi connectivity index (χ4n) is 1.41. The molecule has 1 N–H and O–H groups in total. The van der Waals surface area contributed by atoms with Gasteiger partial charge in [0.25, 0.3) is 5.33 Å². The van der Waals surface area contributed by atoms with E-state index in [1.807, 2.05) is 50.0 Å². The Morgan fingerprint density at radius 2 is 1.80 bits per heavy atom. The zero-order chi connectivity index (χ0) is 11.5. The molecule has 1 unspecified atom stereocenters. The zero-order valence-electron chi connectivity index (χ0n) is 9.31. The molecule has 0 amide bonds. The van der Waals surface area contributed by atoms with Crippen LogP contribution >= 0.6 is 0 Å². The number of aliphatic hydroxyl groups is 1. The summed E-state index contributed by atoms with van der Waals surface area (Å²) in [7, 11) is -1.78. The van der Waals surface area contributed by atoms with Gasteiger partial charge in [0, 0.05) is 0 Å². The van der Waals surface area contributed by atoms with Gasteiger partial charge < -0.3 is 10.6 Å². The van der Waals surface area contributed by atoms with E-state index in [0.717, 1.165) is 5.56 Å². The Labute approximate surface area is 91.0 Å². The van der Waals surface area contributed by atoms with Gasteiger partial charge in [-0.15, -0.1) is 0 Å². The Hall–Kier alpha value is -1.22. The van der Waals surface area contributed by atoms with Gasteiger partial charge in [0.15, 0.2) is 14.2 Å². The van der Waals surface area contributed by atoms with Crippen molar-refractivity contribution in [3.05, 3.63) is 41.4 Å². The predicted molar refractivity (Wildman–Crippen MR) is 63.4 cm³/mol. The van der Waals surface area contributed by atoms with Crippen molar-refractivity contribution < 1.29 is 9.90 Å². The van der Waals surface area contributed by atoms with Gasteiger partial charge in [-0.25, -0.2) is 0 Å². The van der Waals surface area contributed by atoms with Crippen LogP contribution in [0.1, 0.15) is 11.7 Å². The molecule has 0 aromatic heterocycles. The summed E-state index contributed by atoms with van der Waals surface area (Å²) in [6.07, 6.45) is -0.789. The van der Waals surface area contributed by atoms with Gasteiger partial charge in [-0.1, -0.05) is 50.0 Å². The molecular weight excluding hydrogens is 204 g/mol. The molecule has 0 heterocycles. The maximum Gasteiger partial charge on any atom is 0.268 e. The van der Waals surface area contributed by atoms with Crippen molar-refractivity contribution in [2.24, 2.45) is 0 Å². The molecule has 4 heteroatoms. The largest absolute Gasteiger partial charge is 0.377 e. The van der Waals surface area contributed by atoms with Crippen molar-refractivity contribution in [2.45, 2.75) is 25.7 Å². The van der Waals surface area contributed by atoms with Gasteiger partial charge in [0.1, 0.15) is 0 Å². The van der Waals surface area contributed by atoms with Crippen molar-refractivity contribution in [1.82, 2.24) is 0 Å². The molecule has 80 valence electrons. The summed E-state index contributed by atoms with van der Waals surface area (Å²) >= 11 is 0. The number of rotatable bonds is 3. The summed E-state index contributed by atoms with van der Waals surface area (Å²) in [5, 5.41) is 10.6. The third kappa shape index (κ3) is 2.86. The van der Waals surface area contributed by atoms with E-state index in [1.165, 1.54) is 0 Å². The molecule has 0 radical (unpaired) electrons. The lowest BCUT2D eigenvalue weighted by atomic mass is 10.1. The summed E-state index contributed by atoms with van der Waals surface area (Å²) in [6.45, 7) is 6.11. The van der Waals surface area contributed by atoms with E-state index in [0.29, 0.717) is 5.33 Å². The predicted octanol–water partition coefficient (Wildman–Crippen LogP) is 2.27. The van der Waals surface area contributed by atoms with E-state index < -0.39 is 14.2 Å². The average molecular weight is 220 g/mol. The molecule has 0 bridgehead atoms. The SMILES string of the molecule is C[Si](C)(C)C(=[N+]=[N-])C(O)c1ccccc1. The summed E-state index contributed by atoms with van der Waals surface area (Å²) in [5.74, 6) is 0. The Kier molecular flexibility index (Phi) is 3.58. The number of nitrogens with zero attached hydrogens (tertiary/aromatic N) is 2. The second kappa shape index (κ2) is 4.53. The molecule has 15 heavy (non-hydrogen) atoms. The van der Waals surface area contributed by atoms with Crippen molar-refractivity contribution in [1.29, 1.82) is 0 Å². The Morgan fingerprint density at radius 1 is 1.27 bits per heavy atom. The first-order valence-corrected chi connectivity index (χ1v) is 8.42. The van der Waals surface area contributed by atoms with Crippen molar-refractivity contribution in [3.63, 3.8) is 0 Å². The summed E-state index contributed by atoms with van der Waals surface area (Å²) < 4.78 is 0. The molecule has 0 saturated heterocycles. The number of benzene rings is 1. The Balaban J connectivity index is 3.05. The van der Waals surface area contributed by atoms with Crippen LogP contribution < -0.4 is 0 Å². The van der Waals surface area contributed by atoms with Gasteiger partial charge in [-0.2, -0.15) is 4.79 Å². The molecule has 0 spiro atoms. The molecule has 1 aromatic carbocycles. The van der Waals surface area contributed by atoms with Crippen LogP contribution in [0.15, 0.2) is 30.3 Å². The monoisotopic (exact) mass is 220 g/mol. The molecule has 0 aliphatic carbocycles. The normalized spacial score (nSPS) is 13.1. The first-order valence-electron chi connectivity index (χ1n) is 4.92. The maximum absolute atomic E-state index is 10.1. The minimum atomic E-state index is -1.78. The van der Waals surface area contributed by atoms with Gasteiger partial charge in [0.05, 0.1) is 0 Å². The van der Waals surface area contributed by atoms with Gasteiger partial charge >= 0.3 is 0 Å². The number of hydrogen-bond donors (Lipinski definition) is 1. The van der Waals surface area contributed by atoms with Crippen LogP contribution in [-0.2, 0) is 0 Å². The maximum atomic E-state index is 10.1. The zero-order valence-corrected chi connectivity index (χ0v) is 10.3. The summed E-state index contributed by atoms with van der Waals surface area (Å²) in [4.78, 5) is 3.26. The first-order chi connectivity index (χ1) is 6.96. The lowest BCUT2D eigenvalue weighted by Crippen LogP contribution is -2.38. The standard InChI is InChI=1S/C11H16N2OSi/c1-15(2,3)11(13-12)10(14)9-7-5-4-6-8-9/h4-8,10,14H,1-3H3. The third-order valence-corrected chi connectivity index (χ3v) is 4.16. The van der Waals surface area contributed by atoms with Crippen LogP contribution in [0.4, 0.5) is 0 Å². The van der Waals surface area contributed by atoms with E-state index in [-0.39, 0.29) is 0 Å². The first kappa shape index (κ1) is 11.8. The highest BCUT2D eigenvalue weighted by Gasteiger charge is 2.36. The van der Waals surface area contributed by atoms with E-state index >= 15 is 0 Å². The fraction of sp³-hybridized carbons (Fsp3) is 0.364. The smallest absolute Gasteiger partial charge is 0.268 e. The third-order valence-electron chi connectivity index (χ3n) is 2.25. The van der Waals surface area contributed by atoms with Crippen LogP contribution in [-0.4, -0.2) is 23.3 Å². The molecule has 0 aliphatic heterocycles. The van der Waals surface area contributed by atoms with E-state index in [4.69, 9.17) is 5.53 Å². The minimum Gasteiger partial charge on any atom is -0.377 e. The highest BCUT2D eigenvalue weighted by molar-refractivity contribution is 7.04. The van der Waals surface area contributed by atoms with Crippen molar-refractivity contribution >= 4 is 13.4 Å². The van der Waals surface area contributed by atoms with Crippen molar-refractivity contribution in [2.75, 3.05) is 0 Å². The molecule has 3 nitrogen and oxygen atoms in total. The topological polar surface area (TPSA) is 56.6 Å². The lowest BCUT2D eigenvalue weighted by Gasteiger charge is -2.15. The van der Waals surface area contributed by atoms with Crippen LogP contribution in [0.2, 0.25) is 19.6 Å². The summed E-state index contributed by atoms with van der Waals surface area (Å²) in [5.41, 5.74) is 9.73. The highest BCUT2D eigenvalue weighted by Crippen LogP contribution is 2.18. The molecule has 0 aliphatic rings. The van der Waals surface area contributed by atoms with Gasteiger partial charge in [-0.3, -0.25) is 0 Å². The van der Waals surface area contributed by atoms with Crippen LogP contribution in [0.5, 0.6) is 0 Å². The average Bonchev–Trinajstić information content (AvgIpc) is 2.18. The number of aliphatic hydroxyl groups excluding tert-OH is 1. The molecule has 1 rings (SSSR count). The van der Waals surface area contributed by atoms with E-state index in [1.54, 1.807) is 0 Å². The van der Waals surface area contributed by atoms with Crippen molar-refractivity contribution in [3.8, 4) is 0 Å². The molecular formula is C11H16N2OSi. The minimum absolute atomic E-state index is 0.508. The van der Waals surface area contributed by atoms with E-state index in [9.17, 15) is 5.11 Å². The molecule has 0 fully saturated rings. The molecule has 0 saturated carbocycles. The quantitative estimate of drug-likeness (QED) is 0.361. The lowest BCUT2D eigenvalue weighted by molar-refractivity contribution is -0.0163. The van der Waals surface area contributed by atoms with Crippen LogP contribution in [0.25, 0.3) is 5.53 Å². The second-order valence-corrected chi connectivity index (χ2v) is 9.56. The summed E-state index contributed by atoms with van der Waals surface area (Å²) in [6, 6.07) is 9.27. The second-order valence-electron chi connectivity index (χ2n) is 4.55. The highest BCUT2D eigenvalue weighted by atomic mass is 28.3. The number of hydrogen-bond acceptors (Lipinski definition) is 1. The van der Waals surface area contributed by atoms with Gasteiger partial charge in [0.2, 0.25) is 0 Å². The van der Waals surface area contributed by atoms with Gasteiger partial charge in [-0.05, 0) is 5.56 Å². The van der Waals surface area contributed by atoms with E-state index in [2.05, 4.69) is 4.79 Å². The molecule has 1 aromatic rings. The van der Waals surface area contributed by atoms with Crippen LogP contribution in [0.3, 0.4) is 0 Å².